The molecule has 2 N–H and O–H groups in total. The van der Waals surface area contributed by atoms with E-state index in [0.717, 1.165) is 56.2 Å². The highest BCUT2D eigenvalue weighted by Crippen LogP contribution is 2.33. The maximum atomic E-state index is 13.2. The van der Waals surface area contributed by atoms with E-state index in [0.29, 0.717) is 19.4 Å². The summed E-state index contributed by atoms with van der Waals surface area (Å²) < 4.78 is 1.78. The molecule has 0 radical (unpaired) electrons. The van der Waals surface area contributed by atoms with Gasteiger partial charge >= 0.3 is 5.97 Å². The standard InChI is InChI=1S/C22H34N2O4/c1-4-7-13-24-18(10-5-2)16(6-3)14-17(21(24)28)20(27)23-22(15-19(25)26)11-8-9-12-22/h14H,4-13,15H2,1-3H3,(H,23,27)(H,25,26). The largest absolute Gasteiger partial charge is 0.481 e. The molecule has 0 aliphatic heterocycles. The number of carboxylic acid groups (broad SMARTS) is 1. The van der Waals surface area contributed by atoms with Crippen molar-refractivity contribution >= 4 is 11.9 Å². The molecule has 0 aromatic carbocycles. The molecule has 6 heteroatoms. The molecule has 1 saturated carbocycles. The van der Waals surface area contributed by atoms with Gasteiger partial charge in [-0.15, -0.1) is 0 Å². The van der Waals surface area contributed by atoms with E-state index in [1.165, 1.54) is 0 Å². The minimum Gasteiger partial charge on any atom is -0.481 e. The smallest absolute Gasteiger partial charge is 0.305 e. The first-order valence-electron chi connectivity index (χ1n) is 10.7. The van der Waals surface area contributed by atoms with Gasteiger partial charge in [0.15, 0.2) is 0 Å². The fraction of sp³-hybridized carbons (Fsp3) is 0.682. The van der Waals surface area contributed by atoms with Crippen molar-refractivity contribution in [2.45, 2.75) is 97.1 Å². The van der Waals surface area contributed by atoms with E-state index in [-0.39, 0.29) is 17.5 Å². The van der Waals surface area contributed by atoms with E-state index < -0.39 is 17.4 Å². The van der Waals surface area contributed by atoms with Gasteiger partial charge < -0.3 is 15.0 Å². The van der Waals surface area contributed by atoms with Crippen LogP contribution in [0.5, 0.6) is 0 Å². The van der Waals surface area contributed by atoms with Crippen LogP contribution in [0.15, 0.2) is 10.9 Å². The zero-order chi connectivity index (χ0) is 20.7. The predicted octanol–water partition coefficient (Wildman–Crippen LogP) is 3.68. The zero-order valence-corrected chi connectivity index (χ0v) is 17.5. The van der Waals surface area contributed by atoms with Crippen LogP contribution in [-0.2, 0) is 24.2 Å². The quantitative estimate of drug-likeness (QED) is 0.638. The Morgan fingerprint density at radius 1 is 1.18 bits per heavy atom. The number of hydrogen-bond acceptors (Lipinski definition) is 3. The fourth-order valence-electron chi connectivity index (χ4n) is 4.31. The number of hydrogen-bond donors (Lipinski definition) is 2. The van der Waals surface area contributed by atoms with Crippen LogP contribution in [0.3, 0.4) is 0 Å². The molecule has 1 aliphatic rings. The maximum Gasteiger partial charge on any atom is 0.305 e. The number of carbonyl (C=O) groups is 2. The van der Waals surface area contributed by atoms with Crippen LogP contribution in [0, 0.1) is 0 Å². The molecule has 0 unspecified atom stereocenters. The van der Waals surface area contributed by atoms with Crippen LogP contribution in [0.2, 0.25) is 0 Å². The molecular formula is C22H34N2O4. The average molecular weight is 391 g/mol. The maximum absolute atomic E-state index is 13.2. The first-order chi connectivity index (χ1) is 13.4. The second kappa shape index (κ2) is 9.89. The van der Waals surface area contributed by atoms with Crippen molar-refractivity contribution in [3.05, 3.63) is 33.2 Å². The number of unbranched alkanes of at least 4 members (excludes halogenated alkanes) is 1. The van der Waals surface area contributed by atoms with Gasteiger partial charge in [0.05, 0.1) is 12.0 Å². The van der Waals surface area contributed by atoms with Crippen molar-refractivity contribution in [2.24, 2.45) is 0 Å². The Kier molecular flexibility index (Phi) is 7.84. The lowest BCUT2D eigenvalue weighted by atomic mass is 9.92. The highest BCUT2D eigenvalue weighted by atomic mass is 16.4. The summed E-state index contributed by atoms with van der Waals surface area (Å²) in [6.07, 6.45) is 7.32. The van der Waals surface area contributed by atoms with Crippen molar-refractivity contribution in [3.63, 3.8) is 0 Å². The highest BCUT2D eigenvalue weighted by molar-refractivity contribution is 5.95. The van der Waals surface area contributed by atoms with Gasteiger partial charge in [-0.3, -0.25) is 14.4 Å². The summed E-state index contributed by atoms with van der Waals surface area (Å²) in [6.45, 7) is 6.81. The van der Waals surface area contributed by atoms with Crippen LogP contribution >= 0.6 is 0 Å². The first kappa shape index (κ1) is 22.2. The highest BCUT2D eigenvalue weighted by Gasteiger charge is 2.38. The van der Waals surface area contributed by atoms with Gasteiger partial charge in [-0.2, -0.15) is 0 Å². The van der Waals surface area contributed by atoms with Gasteiger partial charge in [0.1, 0.15) is 5.56 Å². The Morgan fingerprint density at radius 3 is 2.39 bits per heavy atom. The molecule has 1 aromatic heterocycles. The van der Waals surface area contributed by atoms with Gasteiger partial charge in [-0.1, -0.05) is 46.5 Å². The molecule has 0 spiro atoms. The third-order valence-corrected chi connectivity index (χ3v) is 5.77. The Bertz CT molecular complexity index is 761. The fourth-order valence-corrected chi connectivity index (χ4v) is 4.31. The topological polar surface area (TPSA) is 88.4 Å². The lowest BCUT2D eigenvalue weighted by Gasteiger charge is -2.29. The predicted molar refractivity (Wildman–Crippen MR) is 110 cm³/mol. The van der Waals surface area contributed by atoms with Crippen molar-refractivity contribution < 1.29 is 14.7 Å². The number of aryl methyl sites for hydroxylation is 1. The van der Waals surface area contributed by atoms with Gasteiger partial charge in [-0.25, -0.2) is 0 Å². The Balaban J connectivity index is 2.44. The Hall–Kier alpha value is -2.11. The number of rotatable bonds is 10. The Labute approximate surface area is 167 Å². The molecule has 1 fully saturated rings. The number of carbonyl (C=O) groups excluding carboxylic acids is 1. The normalized spacial score (nSPS) is 15.5. The summed E-state index contributed by atoms with van der Waals surface area (Å²) in [4.78, 5) is 37.5. The molecule has 28 heavy (non-hydrogen) atoms. The number of amides is 1. The molecule has 6 nitrogen and oxygen atoms in total. The SMILES string of the molecule is CCCCn1c(CCC)c(CC)cc(C(=O)NC2(CC(=O)O)CCCC2)c1=O. The van der Waals surface area contributed by atoms with Crippen LogP contribution in [0.4, 0.5) is 0 Å². The molecule has 1 aromatic rings. The molecule has 0 bridgehead atoms. The summed E-state index contributed by atoms with van der Waals surface area (Å²) in [6, 6.07) is 1.73. The Morgan fingerprint density at radius 2 is 1.86 bits per heavy atom. The van der Waals surface area contributed by atoms with Crippen LogP contribution in [0.1, 0.15) is 93.8 Å². The van der Waals surface area contributed by atoms with Gasteiger partial charge in [0.25, 0.3) is 11.5 Å². The minimum atomic E-state index is -0.921. The van der Waals surface area contributed by atoms with Crippen LogP contribution in [-0.4, -0.2) is 27.1 Å². The zero-order valence-electron chi connectivity index (χ0n) is 17.5. The molecule has 2 rings (SSSR count). The number of nitrogens with zero attached hydrogens (tertiary/aromatic N) is 1. The van der Waals surface area contributed by atoms with E-state index in [1.807, 2.05) is 6.92 Å². The third kappa shape index (κ3) is 5.03. The lowest BCUT2D eigenvalue weighted by Crippen LogP contribution is -2.49. The summed E-state index contributed by atoms with van der Waals surface area (Å²) in [5.41, 5.74) is 1.21. The second-order valence-corrected chi connectivity index (χ2v) is 7.96. The molecule has 0 saturated heterocycles. The van der Waals surface area contributed by atoms with Crippen LogP contribution in [0.25, 0.3) is 0 Å². The van der Waals surface area contributed by atoms with Crippen molar-refractivity contribution in [2.75, 3.05) is 0 Å². The molecule has 1 aliphatic carbocycles. The summed E-state index contributed by atoms with van der Waals surface area (Å²) >= 11 is 0. The first-order valence-corrected chi connectivity index (χ1v) is 10.7. The van der Waals surface area contributed by atoms with Crippen molar-refractivity contribution in [3.8, 4) is 0 Å². The summed E-state index contributed by atoms with van der Waals surface area (Å²) in [5, 5.41) is 12.2. The number of aliphatic carboxylic acids is 1. The van der Waals surface area contributed by atoms with E-state index >= 15 is 0 Å². The summed E-state index contributed by atoms with van der Waals surface area (Å²) in [5.74, 6) is -1.36. The van der Waals surface area contributed by atoms with E-state index in [9.17, 15) is 19.5 Å². The van der Waals surface area contributed by atoms with Crippen molar-refractivity contribution in [1.29, 1.82) is 0 Å². The van der Waals surface area contributed by atoms with Gasteiger partial charge in [-0.05, 0) is 43.7 Å². The van der Waals surface area contributed by atoms with Gasteiger partial charge in [0, 0.05) is 12.2 Å². The van der Waals surface area contributed by atoms with E-state index in [2.05, 4.69) is 19.2 Å². The number of aromatic nitrogens is 1. The molecular weight excluding hydrogens is 356 g/mol. The van der Waals surface area contributed by atoms with Crippen LogP contribution < -0.4 is 10.9 Å². The monoisotopic (exact) mass is 390 g/mol. The minimum absolute atomic E-state index is 0.0999. The second-order valence-electron chi connectivity index (χ2n) is 7.96. The molecule has 1 heterocycles. The number of pyridine rings is 1. The van der Waals surface area contributed by atoms with E-state index in [1.54, 1.807) is 10.6 Å². The third-order valence-electron chi connectivity index (χ3n) is 5.77. The number of nitrogens with one attached hydrogen (secondary N) is 1. The number of carboxylic acids is 1. The lowest BCUT2D eigenvalue weighted by molar-refractivity contribution is -0.138. The molecule has 156 valence electrons. The summed E-state index contributed by atoms with van der Waals surface area (Å²) in [7, 11) is 0. The van der Waals surface area contributed by atoms with Crippen molar-refractivity contribution in [1.82, 2.24) is 9.88 Å². The molecule has 1 amide bonds. The average Bonchev–Trinajstić information content (AvgIpc) is 3.08. The molecule has 0 atom stereocenters. The van der Waals surface area contributed by atoms with Gasteiger partial charge in [0.2, 0.25) is 0 Å². The van der Waals surface area contributed by atoms with E-state index in [4.69, 9.17) is 0 Å².